The lowest BCUT2D eigenvalue weighted by atomic mass is 9.85. The van der Waals surface area contributed by atoms with Crippen LogP contribution in [0.25, 0.3) is 0 Å². The second-order valence-corrected chi connectivity index (χ2v) is 8.69. The third kappa shape index (κ3) is 3.91. The van der Waals surface area contributed by atoms with Crippen molar-refractivity contribution in [1.82, 2.24) is 14.7 Å². The van der Waals surface area contributed by atoms with Gasteiger partial charge in [-0.2, -0.15) is 0 Å². The van der Waals surface area contributed by atoms with E-state index in [0.717, 1.165) is 45.6 Å². The smallest absolute Gasteiger partial charge is 0.234 e. The molecule has 4 rings (SSSR count). The number of hydrogen-bond donors (Lipinski definition) is 0. The van der Waals surface area contributed by atoms with Gasteiger partial charge in [-0.3, -0.25) is 24.3 Å². The Hall–Kier alpha value is -1.98. The molecule has 0 spiro atoms. The van der Waals surface area contributed by atoms with E-state index in [0.29, 0.717) is 12.6 Å². The van der Waals surface area contributed by atoms with Crippen LogP contribution >= 0.6 is 0 Å². The summed E-state index contributed by atoms with van der Waals surface area (Å²) in [7, 11) is 0. The molecule has 1 aromatic rings. The lowest BCUT2D eigenvalue weighted by Gasteiger charge is -2.36. The van der Waals surface area contributed by atoms with Crippen LogP contribution in [0.1, 0.15) is 43.7 Å². The molecular weight excluding hydrogens is 350 g/mol. The number of imide groups is 1. The fourth-order valence-corrected chi connectivity index (χ4v) is 4.56. The molecule has 3 aliphatic rings. The van der Waals surface area contributed by atoms with E-state index in [9.17, 15) is 9.59 Å². The van der Waals surface area contributed by atoms with Crippen molar-refractivity contribution < 1.29 is 9.59 Å². The summed E-state index contributed by atoms with van der Waals surface area (Å²) in [5.41, 5.74) is 2.73. The molecule has 5 heteroatoms. The molecule has 0 bridgehead atoms. The molecule has 1 aromatic carbocycles. The molecule has 5 nitrogen and oxygen atoms in total. The predicted molar refractivity (Wildman–Crippen MR) is 109 cm³/mol. The van der Waals surface area contributed by atoms with Crippen LogP contribution in [0.4, 0.5) is 0 Å². The summed E-state index contributed by atoms with van der Waals surface area (Å²) in [6.07, 6.45) is 5.52. The van der Waals surface area contributed by atoms with Crippen molar-refractivity contribution in [1.29, 1.82) is 0 Å². The number of benzene rings is 1. The van der Waals surface area contributed by atoms with Crippen molar-refractivity contribution in [3.8, 4) is 0 Å². The van der Waals surface area contributed by atoms with E-state index in [1.807, 2.05) is 12.2 Å². The Bertz CT molecular complexity index is 722. The first kappa shape index (κ1) is 19.3. The van der Waals surface area contributed by atoms with E-state index in [1.165, 1.54) is 16.0 Å². The standard InChI is InChI=1S/C23H31N3O2/c1-17(2)19-9-7-18(8-10-19)15-24-11-13-25(14-12-24)16-26-22(27)20-5-3-4-6-21(20)23(26)28/h3-4,7-10,17,20-21H,5-6,11-16H2,1-2H3/t20-,21-/m1/s1. The zero-order valence-corrected chi connectivity index (χ0v) is 17.0. The first-order valence-corrected chi connectivity index (χ1v) is 10.6. The molecule has 0 N–H and O–H groups in total. The molecule has 1 aliphatic carbocycles. The third-order valence-corrected chi connectivity index (χ3v) is 6.46. The van der Waals surface area contributed by atoms with Crippen molar-refractivity contribution in [2.24, 2.45) is 11.8 Å². The van der Waals surface area contributed by atoms with Gasteiger partial charge in [-0.15, -0.1) is 0 Å². The summed E-state index contributed by atoms with van der Waals surface area (Å²) in [4.78, 5) is 31.5. The fourth-order valence-electron chi connectivity index (χ4n) is 4.56. The van der Waals surface area contributed by atoms with Crippen molar-refractivity contribution in [2.45, 2.75) is 39.2 Å². The van der Waals surface area contributed by atoms with Gasteiger partial charge in [0.05, 0.1) is 18.5 Å². The molecule has 150 valence electrons. The highest BCUT2D eigenvalue weighted by atomic mass is 16.2. The van der Waals surface area contributed by atoms with Crippen molar-refractivity contribution >= 4 is 11.8 Å². The number of rotatable bonds is 5. The zero-order valence-electron chi connectivity index (χ0n) is 17.0. The summed E-state index contributed by atoms with van der Waals surface area (Å²) in [6.45, 7) is 9.59. The van der Waals surface area contributed by atoms with E-state index >= 15 is 0 Å². The Labute approximate surface area is 168 Å². The number of carbonyl (C=O) groups is 2. The largest absolute Gasteiger partial charge is 0.297 e. The number of allylic oxidation sites excluding steroid dienone is 2. The van der Waals surface area contributed by atoms with Crippen molar-refractivity contribution in [3.63, 3.8) is 0 Å². The minimum atomic E-state index is -0.118. The van der Waals surface area contributed by atoms with Crippen LogP contribution in [0, 0.1) is 11.8 Å². The van der Waals surface area contributed by atoms with E-state index in [2.05, 4.69) is 47.9 Å². The van der Waals surface area contributed by atoms with E-state index in [-0.39, 0.29) is 23.7 Å². The monoisotopic (exact) mass is 381 g/mol. The highest BCUT2D eigenvalue weighted by molar-refractivity contribution is 6.05. The number of hydrogen-bond acceptors (Lipinski definition) is 4. The Kier molecular flexibility index (Phi) is 5.65. The lowest BCUT2D eigenvalue weighted by molar-refractivity contribution is -0.142. The highest BCUT2D eigenvalue weighted by Crippen LogP contribution is 2.35. The van der Waals surface area contributed by atoms with Gasteiger partial charge >= 0.3 is 0 Å². The number of amides is 2. The van der Waals surface area contributed by atoms with Crippen LogP contribution in [0.5, 0.6) is 0 Å². The van der Waals surface area contributed by atoms with Crippen molar-refractivity contribution in [2.75, 3.05) is 32.8 Å². The minimum absolute atomic E-state index is 0.0343. The average molecular weight is 382 g/mol. The summed E-state index contributed by atoms with van der Waals surface area (Å²) < 4.78 is 0. The average Bonchev–Trinajstić information content (AvgIpc) is 2.95. The predicted octanol–water partition coefficient (Wildman–Crippen LogP) is 2.84. The third-order valence-electron chi connectivity index (χ3n) is 6.46. The summed E-state index contributed by atoms with van der Waals surface area (Å²) in [5.74, 6) is 0.396. The van der Waals surface area contributed by atoms with Crippen LogP contribution in [-0.2, 0) is 16.1 Å². The van der Waals surface area contributed by atoms with E-state index in [1.54, 1.807) is 0 Å². The maximum Gasteiger partial charge on any atom is 0.234 e. The number of piperazine rings is 1. The first-order chi connectivity index (χ1) is 13.5. The lowest BCUT2D eigenvalue weighted by Crippen LogP contribution is -2.51. The normalized spacial score (nSPS) is 26.3. The molecule has 0 unspecified atom stereocenters. The molecule has 2 saturated heterocycles. The topological polar surface area (TPSA) is 43.9 Å². The maximum atomic E-state index is 12.6. The van der Waals surface area contributed by atoms with Gasteiger partial charge in [0.1, 0.15) is 0 Å². The van der Waals surface area contributed by atoms with Crippen molar-refractivity contribution in [3.05, 3.63) is 47.5 Å². The van der Waals surface area contributed by atoms with Gasteiger partial charge in [0.2, 0.25) is 11.8 Å². The van der Waals surface area contributed by atoms with Crippen LogP contribution in [0.3, 0.4) is 0 Å². The van der Waals surface area contributed by atoms with E-state index in [4.69, 9.17) is 0 Å². The number of likely N-dealkylation sites (tertiary alicyclic amines) is 1. The van der Waals surface area contributed by atoms with Gasteiger partial charge in [0, 0.05) is 32.7 Å². The second-order valence-electron chi connectivity index (χ2n) is 8.69. The summed E-state index contributed by atoms with van der Waals surface area (Å²) >= 11 is 0. The minimum Gasteiger partial charge on any atom is -0.297 e. The zero-order chi connectivity index (χ0) is 19.7. The quantitative estimate of drug-likeness (QED) is 0.581. The Morgan fingerprint density at radius 1 is 0.857 bits per heavy atom. The molecule has 28 heavy (non-hydrogen) atoms. The molecule has 0 aromatic heterocycles. The van der Waals surface area contributed by atoms with Gasteiger partial charge in [0.15, 0.2) is 0 Å². The van der Waals surface area contributed by atoms with Crippen LogP contribution in [-0.4, -0.2) is 59.4 Å². The number of carbonyl (C=O) groups excluding carboxylic acids is 2. The Balaban J connectivity index is 1.27. The molecule has 0 radical (unpaired) electrons. The molecule has 2 aliphatic heterocycles. The molecule has 0 saturated carbocycles. The number of fused-ring (bicyclic) bond motifs is 1. The molecule has 2 fully saturated rings. The SMILES string of the molecule is CC(C)c1ccc(CN2CCN(CN3C(=O)[C@@H]4CC=CC[C@H]4C3=O)CC2)cc1. The summed E-state index contributed by atoms with van der Waals surface area (Å²) in [5, 5.41) is 0. The van der Waals surface area contributed by atoms with Gasteiger partial charge in [-0.1, -0.05) is 50.3 Å². The number of nitrogens with zero attached hydrogens (tertiary/aromatic N) is 3. The summed E-state index contributed by atoms with van der Waals surface area (Å²) in [6, 6.07) is 8.93. The molecule has 2 heterocycles. The fraction of sp³-hybridized carbons (Fsp3) is 0.565. The Morgan fingerprint density at radius 2 is 1.39 bits per heavy atom. The molecule has 2 amide bonds. The first-order valence-electron chi connectivity index (χ1n) is 10.6. The second kappa shape index (κ2) is 8.18. The van der Waals surface area contributed by atoms with Gasteiger partial charge in [0.25, 0.3) is 0 Å². The van der Waals surface area contributed by atoms with Gasteiger partial charge < -0.3 is 0 Å². The Morgan fingerprint density at radius 3 is 1.93 bits per heavy atom. The van der Waals surface area contributed by atoms with Crippen LogP contribution < -0.4 is 0 Å². The highest BCUT2D eigenvalue weighted by Gasteiger charge is 2.47. The molecule has 2 atom stereocenters. The maximum absolute atomic E-state index is 12.6. The molecular formula is C23H31N3O2. The van der Waals surface area contributed by atoms with Crippen LogP contribution in [0.2, 0.25) is 0 Å². The van der Waals surface area contributed by atoms with Gasteiger partial charge in [-0.05, 0) is 29.9 Å². The van der Waals surface area contributed by atoms with Crippen LogP contribution in [0.15, 0.2) is 36.4 Å². The van der Waals surface area contributed by atoms with Gasteiger partial charge in [-0.25, -0.2) is 0 Å². The van der Waals surface area contributed by atoms with E-state index < -0.39 is 0 Å².